The number of imidazole rings is 1. The molecule has 0 atom stereocenters. The molecule has 1 heterocycles. The van der Waals surface area contributed by atoms with Gasteiger partial charge in [0.2, 0.25) is 17.6 Å². The van der Waals surface area contributed by atoms with E-state index in [0.717, 1.165) is 5.56 Å². The fraction of sp³-hybridized carbons (Fsp3) is 0.0909. The van der Waals surface area contributed by atoms with E-state index in [4.69, 9.17) is 0 Å². The predicted octanol–water partition coefficient (Wildman–Crippen LogP) is 3.26. The molecule has 0 aliphatic carbocycles. The van der Waals surface area contributed by atoms with E-state index >= 15 is 0 Å². The van der Waals surface area contributed by atoms with Gasteiger partial charge in [0.15, 0.2) is 5.82 Å². The summed E-state index contributed by atoms with van der Waals surface area (Å²) in [6, 6.07) is 13.8. The highest BCUT2D eigenvalue weighted by molar-refractivity contribution is 6.07. The van der Waals surface area contributed by atoms with Crippen LogP contribution in [0.3, 0.4) is 0 Å². The molecule has 0 bridgehead atoms. The lowest BCUT2D eigenvalue weighted by Gasteiger charge is -2.05. The van der Waals surface area contributed by atoms with Gasteiger partial charge in [-0.15, -0.1) is 0 Å². The monoisotopic (exact) mass is 388 g/mol. The van der Waals surface area contributed by atoms with Gasteiger partial charge < -0.3 is 15.2 Å². The summed E-state index contributed by atoms with van der Waals surface area (Å²) in [5, 5.41) is 5.43. The molecule has 2 aromatic carbocycles. The summed E-state index contributed by atoms with van der Waals surface area (Å²) in [5.74, 6) is -0.258. The topological polar surface area (TPSA) is 93.1 Å². The molecule has 3 aromatic rings. The Bertz CT molecular complexity index is 1060. The van der Waals surface area contributed by atoms with Crippen LogP contribution >= 0.6 is 0 Å². The number of nitrogens with zero attached hydrogens (tertiary/aromatic N) is 2. The zero-order valence-corrected chi connectivity index (χ0v) is 16.0. The molecule has 29 heavy (non-hydrogen) atoms. The van der Waals surface area contributed by atoms with Crippen LogP contribution in [0.2, 0.25) is 0 Å². The summed E-state index contributed by atoms with van der Waals surface area (Å²) >= 11 is 0. The molecule has 2 N–H and O–H groups in total. The molecule has 0 spiro atoms. The second-order valence-corrected chi connectivity index (χ2v) is 6.39. The SMILES string of the molecule is CC(=O)Nc1ccc(/C=C/C(=O)Nc2ccc(C(=O)c3nccn3C)cc2)cc1. The van der Waals surface area contributed by atoms with E-state index in [0.29, 0.717) is 22.8 Å². The number of hydrogen-bond donors (Lipinski definition) is 2. The first-order valence-corrected chi connectivity index (χ1v) is 8.91. The highest BCUT2D eigenvalue weighted by Crippen LogP contribution is 2.14. The Kier molecular flexibility index (Phi) is 5.99. The van der Waals surface area contributed by atoms with Crippen molar-refractivity contribution in [1.82, 2.24) is 9.55 Å². The highest BCUT2D eigenvalue weighted by Gasteiger charge is 2.13. The lowest BCUT2D eigenvalue weighted by molar-refractivity contribution is -0.114. The van der Waals surface area contributed by atoms with Gasteiger partial charge in [0.1, 0.15) is 0 Å². The van der Waals surface area contributed by atoms with Crippen LogP contribution in [0.5, 0.6) is 0 Å². The summed E-state index contributed by atoms with van der Waals surface area (Å²) < 4.78 is 1.66. The van der Waals surface area contributed by atoms with Crippen molar-refractivity contribution in [3.8, 4) is 0 Å². The average molecular weight is 388 g/mol. The number of hydrogen-bond acceptors (Lipinski definition) is 4. The zero-order valence-electron chi connectivity index (χ0n) is 16.0. The van der Waals surface area contributed by atoms with Crippen molar-refractivity contribution in [2.45, 2.75) is 6.92 Å². The third kappa shape index (κ3) is 5.26. The van der Waals surface area contributed by atoms with Gasteiger partial charge in [-0.1, -0.05) is 12.1 Å². The van der Waals surface area contributed by atoms with Crippen LogP contribution in [0.25, 0.3) is 6.08 Å². The quantitative estimate of drug-likeness (QED) is 0.501. The lowest BCUT2D eigenvalue weighted by Crippen LogP contribution is -2.10. The van der Waals surface area contributed by atoms with E-state index in [2.05, 4.69) is 15.6 Å². The van der Waals surface area contributed by atoms with E-state index in [1.54, 1.807) is 78.6 Å². The molecule has 0 saturated carbocycles. The largest absolute Gasteiger partial charge is 0.331 e. The first kappa shape index (κ1) is 19.8. The maximum absolute atomic E-state index is 12.4. The van der Waals surface area contributed by atoms with Crippen LogP contribution in [-0.2, 0) is 16.6 Å². The summed E-state index contributed by atoms with van der Waals surface area (Å²) in [6.45, 7) is 1.44. The Labute approximate surface area is 168 Å². The number of carbonyl (C=O) groups excluding carboxylic acids is 3. The van der Waals surface area contributed by atoms with E-state index < -0.39 is 0 Å². The van der Waals surface area contributed by atoms with E-state index in [-0.39, 0.29) is 17.6 Å². The molecule has 0 radical (unpaired) electrons. The Morgan fingerprint density at radius 1 is 0.931 bits per heavy atom. The number of anilines is 2. The number of rotatable bonds is 6. The maximum Gasteiger partial charge on any atom is 0.248 e. The molecule has 0 fully saturated rings. The first-order valence-electron chi connectivity index (χ1n) is 8.91. The molecule has 2 amide bonds. The highest BCUT2D eigenvalue weighted by atomic mass is 16.2. The lowest BCUT2D eigenvalue weighted by atomic mass is 10.1. The number of ketones is 1. The van der Waals surface area contributed by atoms with Crippen LogP contribution in [0.1, 0.15) is 28.7 Å². The Balaban J connectivity index is 1.59. The van der Waals surface area contributed by atoms with Crippen molar-refractivity contribution in [2.75, 3.05) is 10.6 Å². The minimum Gasteiger partial charge on any atom is -0.331 e. The maximum atomic E-state index is 12.4. The normalized spacial score (nSPS) is 10.7. The van der Waals surface area contributed by atoms with Crippen LogP contribution in [0.15, 0.2) is 67.0 Å². The zero-order chi connectivity index (χ0) is 20.8. The van der Waals surface area contributed by atoms with Crippen molar-refractivity contribution in [3.05, 3.63) is 84.0 Å². The molecule has 3 rings (SSSR count). The second-order valence-electron chi connectivity index (χ2n) is 6.39. The first-order chi connectivity index (χ1) is 13.9. The van der Waals surface area contributed by atoms with Crippen molar-refractivity contribution in [3.63, 3.8) is 0 Å². The molecular formula is C22H20N4O3. The van der Waals surface area contributed by atoms with Gasteiger partial charge in [-0.3, -0.25) is 14.4 Å². The summed E-state index contributed by atoms with van der Waals surface area (Å²) in [7, 11) is 1.76. The summed E-state index contributed by atoms with van der Waals surface area (Å²) in [4.78, 5) is 39.6. The Morgan fingerprint density at radius 3 is 2.14 bits per heavy atom. The van der Waals surface area contributed by atoms with Gasteiger partial charge in [-0.05, 0) is 48.0 Å². The van der Waals surface area contributed by atoms with Gasteiger partial charge >= 0.3 is 0 Å². The van der Waals surface area contributed by atoms with Gasteiger partial charge in [0, 0.05) is 49.4 Å². The third-order valence-electron chi connectivity index (χ3n) is 4.10. The number of amides is 2. The average Bonchev–Trinajstić information content (AvgIpc) is 3.13. The Morgan fingerprint density at radius 2 is 1.55 bits per heavy atom. The van der Waals surface area contributed by atoms with Crippen LogP contribution in [0, 0.1) is 0 Å². The van der Waals surface area contributed by atoms with Gasteiger partial charge in [-0.2, -0.15) is 0 Å². The van der Waals surface area contributed by atoms with E-state index in [9.17, 15) is 14.4 Å². The van der Waals surface area contributed by atoms with Gasteiger partial charge in [-0.25, -0.2) is 4.98 Å². The molecule has 0 aliphatic rings. The standard InChI is InChI=1S/C22H20N4O3/c1-15(27)24-18-8-3-16(4-9-18)5-12-20(28)25-19-10-6-17(7-11-19)21(29)22-23-13-14-26(22)2/h3-14H,1-2H3,(H,24,27)(H,25,28)/b12-5+. The smallest absolute Gasteiger partial charge is 0.248 e. The molecule has 7 nitrogen and oxygen atoms in total. The van der Waals surface area contributed by atoms with Crippen molar-refractivity contribution >= 4 is 35.0 Å². The molecule has 0 saturated heterocycles. The molecule has 0 aliphatic heterocycles. The number of benzene rings is 2. The van der Waals surface area contributed by atoms with Gasteiger partial charge in [0.05, 0.1) is 0 Å². The van der Waals surface area contributed by atoms with E-state index in [1.807, 2.05) is 0 Å². The van der Waals surface area contributed by atoms with E-state index in [1.165, 1.54) is 13.0 Å². The van der Waals surface area contributed by atoms with Crippen molar-refractivity contribution in [1.29, 1.82) is 0 Å². The van der Waals surface area contributed by atoms with Crippen LogP contribution in [0.4, 0.5) is 11.4 Å². The second kappa shape index (κ2) is 8.79. The summed E-state index contributed by atoms with van der Waals surface area (Å²) in [6.07, 6.45) is 6.37. The molecule has 0 unspecified atom stereocenters. The fourth-order valence-corrected chi connectivity index (χ4v) is 2.66. The minimum absolute atomic E-state index is 0.139. The van der Waals surface area contributed by atoms with Crippen molar-refractivity contribution < 1.29 is 14.4 Å². The predicted molar refractivity (Wildman–Crippen MR) is 111 cm³/mol. The third-order valence-corrected chi connectivity index (χ3v) is 4.10. The summed E-state index contributed by atoms with van der Waals surface area (Å²) in [5.41, 5.74) is 2.59. The number of aryl methyl sites for hydroxylation is 1. The molecule has 1 aromatic heterocycles. The molecular weight excluding hydrogens is 368 g/mol. The number of carbonyl (C=O) groups is 3. The number of aromatic nitrogens is 2. The van der Waals surface area contributed by atoms with Crippen LogP contribution < -0.4 is 10.6 Å². The molecule has 7 heteroatoms. The Hall–Kier alpha value is -4.00. The number of nitrogens with one attached hydrogen (secondary N) is 2. The fourth-order valence-electron chi connectivity index (χ4n) is 2.66. The van der Waals surface area contributed by atoms with Gasteiger partial charge in [0.25, 0.3) is 0 Å². The molecule has 146 valence electrons. The minimum atomic E-state index is -0.292. The van der Waals surface area contributed by atoms with Crippen LogP contribution in [-0.4, -0.2) is 27.1 Å². The van der Waals surface area contributed by atoms with Crippen molar-refractivity contribution in [2.24, 2.45) is 7.05 Å².